The number of nitrogens with one attached hydrogen (secondary N) is 1. The van der Waals surface area contributed by atoms with E-state index in [1.165, 1.54) is 40.2 Å². The zero-order valence-corrected chi connectivity index (χ0v) is 15.8. The molecule has 4 aliphatic rings. The molecule has 4 saturated heterocycles. The van der Waals surface area contributed by atoms with Crippen LogP contribution in [0.15, 0.2) is 0 Å². The largest absolute Gasteiger partial charge is 0.480 e. The molecule has 0 aromatic heterocycles. The predicted octanol–water partition coefficient (Wildman–Crippen LogP) is -0.0751. The van der Waals surface area contributed by atoms with Gasteiger partial charge in [0.15, 0.2) is 5.92 Å². The highest BCUT2D eigenvalue weighted by molar-refractivity contribution is 8.21. The molecule has 0 radical (unpaired) electrons. The van der Waals surface area contributed by atoms with E-state index in [1.54, 1.807) is 13.8 Å². The molecule has 25 heavy (non-hydrogen) atoms. The van der Waals surface area contributed by atoms with Gasteiger partial charge in [-0.3, -0.25) is 14.4 Å². The van der Waals surface area contributed by atoms with E-state index in [1.807, 2.05) is 0 Å². The minimum absolute atomic E-state index is 0.419. The minimum atomic E-state index is -1.06. The summed E-state index contributed by atoms with van der Waals surface area (Å²) in [5.74, 6) is -1.91. The van der Waals surface area contributed by atoms with Crippen molar-refractivity contribution >= 4 is 59.0 Å². The van der Waals surface area contributed by atoms with E-state index in [4.69, 9.17) is 4.74 Å². The van der Waals surface area contributed by atoms with Crippen molar-refractivity contribution < 1.29 is 29.0 Å². The number of carbonyl (C=O) groups is 4. The summed E-state index contributed by atoms with van der Waals surface area (Å²) < 4.78 is 3.68. The van der Waals surface area contributed by atoms with Crippen LogP contribution in [0, 0.1) is 5.92 Å². The van der Waals surface area contributed by atoms with E-state index >= 15 is 0 Å². The molecule has 8 nitrogen and oxygen atoms in total. The van der Waals surface area contributed by atoms with Crippen LogP contribution in [0.3, 0.4) is 0 Å². The molecule has 4 fully saturated rings. The fourth-order valence-corrected chi connectivity index (χ4v) is 8.35. The fraction of sp³-hybridized carbons (Fsp3) is 0.714. The predicted molar refractivity (Wildman–Crippen MR) is 92.9 cm³/mol. The van der Waals surface area contributed by atoms with Crippen LogP contribution in [-0.2, 0) is 23.9 Å². The molecule has 0 aromatic carbocycles. The van der Waals surface area contributed by atoms with E-state index in [0.29, 0.717) is 0 Å². The zero-order valence-electron chi connectivity index (χ0n) is 13.4. The van der Waals surface area contributed by atoms with Crippen LogP contribution >= 0.6 is 35.3 Å². The zero-order chi connectivity index (χ0) is 18.1. The maximum absolute atomic E-state index is 12.6. The Hall–Kier alpha value is -1.07. The Morgan fingerprint density at radius 2 is 1.92 bits per heavy atom. The summed E-state index contributed by atoms with van der Waals surface area (Å²) in [6.07, 6.45) is 0. The number of aliphatic carboxylic acids is 1. The van der Waals surface area contributed by atoms with Gasteiger partial charge in [0, 0.05) is 16.3 Å². The number of hydrogen-bond acceptors (Lipinski definition) is 8. The molecule has 1 spiro atoms. The Kier molecular flexibility index (Phi) is 3.79. The number of nitrogens with zero attached hydrogens (tertiary/aromatic N) is 1. The van der Waals surface area contributed by atoms with Gasteiger partial charge in [-0.1, -0.05) is 0 Å². The molecule has 4 rings (SSSR count). The molecule has 0 aliphatic carbocycles. The van der Waals surface area contributed by atoms with Crippen LogP contribution in [0.2, 0.25) is 0 Å². The first kappa shape index (κ1) is 17.3. The Labute approximate surface area is 156 Å². The number of β-lactam (4-membered cyclic amide) rings is 1. The van der Waals surface area contributed by atoms with Gasteiger partial charge in [-0.2, -0.15) is 0 Å². The Morgan fingerprint density at radius 1 is 1.28 bits per heavy atom. The van der Waals surface area contributed by atoms with Gasteiger partial charge in [-0.25, -0.2) is 4.79 Å². The first-order chi connectivity index (χ1) is 11.7. The van der Waals surface area contributed by atoms with Crippen molar-refractivity contribution in [3.05, 3.63) is 0 Å². The minimum Gasteiger partial charge on any atom is -0.480 e. The lowest BCUT2D eigenvalue weighted by molar-refractivity contribution is -0.181. The summed E-state index contributed by atoms with van der Waals surface area (Å²) in [7, 11) is 0. The topological polar surface area (TPSA) is 113 Å². The third-order valence-electron chi connectivity index (χ3n) is 4.76. The second-order valence-electron chi connectivity index (χ2n) is 6.74. The lowest BCUT2D eigenvalue weighted by Crippen LogP contribution is -2.72. The van der Waals surface area contributed by atoms with Gasteiger partial charge in [0.2, 0.25) is 16.1 Å². The van der Waals surface area contributed by atoms with Gasteiger partial charge >= 0.3 is 11.9 Å². The number of amides is 2. The lowest BCUT2D eigenvalue weighted by atomic mass is 9.95. The molecule has 11 heteroatoms. The number of fused-ring (bicyclic) bond motifs is 1. The molecule has 0 bridgehead atoms. The highest BCUT2D eigenvalue weighted by Crippen LogP contribution is 2.57. The first-order valence-electron chi connectivity index (χ1n) is 7.72. The van der Waals surface area contributed by atoms with Crippen LogP contribution in [0.5, 0.6) is 0 Å². The van der Waals surface area contributed by atoms with Crippen molar-refractivity contribution in [2.45, 2.75) is 40.3 Å². The molecule has 136 valence electrons. The van der Waals surface area contributed by atoms with Crippen molar-refractivity contribution in [2.75, 3.05) is 11.5 Å². The van der Waals surface area contributed by atoms with Gasteiger partial charge in [0.1, 0.15) is 17.5 Å². The highest BCUT2D eigenvalue weighted by Gasteiger charge is 2.67. The van der Waals surface area contributed by atoms with Crippen LogP contribution in [0.1, 0.15) is 13.8 Å². The van der Waals surface area contributed by atoms with Crippen LogP contribution < -0.4 is 5.32 Å². The first-order valence-corrected chi connectivity index (χ1v) is 10.6. The summed E-state index contributed by atoms with van der Waals surface area (Å²) in [6, 6.07) is -1.73. The Balaban J connectivity index is 1.48. The SMILES string of the molecule is CC1(C)S[C@H]2[C@H](NC(=O)C3C(=O)OC34SCCS4)C(=O)N2C1C(=O)O. The Bertz CT molecular complexity index is 692. The van der Waals surface area contributed by atoms with E-state index < -0.39 is 56.1 Å². The molecule has 2 unspecified atom stereocenters. The highest BCUT2D eigenvalue weighted by atomic mass is 32.2. The third kappa shape index (κ3) is 2.31. The molecular weight excluding hydrogens is 388 g/mol. The number of thioether (sulfide) groups is 3. The Morgan fingerprint density at radius 3 is 2.48 bits per heavy atom. The third-order valence-corrected chi connectivity index (χ3v) is 9.55. The van der Waals surface area contributed by atoms with Crippen LogP contribution in [-0.4, -0.2) is 71.7 Å². The van der Waals surface area contributed by atoms with E-state index in [9.17, 15) is 24.3 Å². The van der Waals surface area contributed by atoms with Gasteiger partial charge in [0.05, 0.1) is 0 Å². The molecule has 2 N–H and O–H groups in total. The maximum Gasteiger partial charge on any atom is 0.327 e. The number of ether oxygens (including phenoxy) is 1. The summed E-state index contributed by atoms with van der Waals surface area (Å²) in [5, 5.41) is 11.6. The van der Waals surface area contributed by atoms with Gasteiger partial charge in [-0.15, -0.1) is 35.3 Å². The molecule has 4 heterocycles. The smallest absolute Gasteiger partial charge is 0.327 e. The summed E-state index contributed by atoms with van der Waals surface area (Å²) in [5.41, 5.74) is 0. The summed E-state index contributed by atoms with van der Waals surface area (Å²) in [4.78, 5) is 49.6. The lowest BCUT2D eigenvalue weighted by Gasteiger charge is -2.46. The molecule has 0 aromatic rings. The van der Waals surface area contributed by atoms with Crippen molar-refractivity contribution in [3.63, 3.8) is 0 Å². The van der Waals surface area contributed by atoms with Gasteiger partial charge in [0.25, 0.3) is 0 Å². The molecule has 4 atom stereocenters. The number of carbonyl (C=O) groups excluding carboxylic acids is 3. The van der Waals surface area contributed by atoms with Crippen LogP contribution in [0.25, 0.3) is 0 Å². The summed E-state index contributed by atoms with van der Waals surface area (Å²) >= 11 is 4.21. The number of hydrogen-bond donors (Lipinski definition) is 2. The average Bonchev–Trinajstić information content (AvgIpc) is 3.06. The molecule has 2 amide bonds. The van der Waals surface area contributed by atoms with E-state index in [-0.39, 0.29) is 0 Å². The molecule has 4 aliphatic heterocycles. The van der Waals surface area contributed by atoms with Crippen molar-refractivity contribution in [1.29, 1.82) is 0 Å². The van der Waals surface area contributed by atoms with E-state index in [2.05, 4.69) is 5.32 Å². The van der Waals surface area contributed by atoms with Crippen molar-refractivity contribution in [1.82, 2.24) is 10.2 Å². The van der Waals surface area contributed by atoms with Gasteiger partial charge in [-0.05, 0) is 13.8 Å². The monoisotopic (exact) mass is 404 g/mol. The van der Waals surface area contributed by atoms with Crippen molar-refractivity contribution in [2.24, 2.45) is 5.92 Å². The summed E-state index contributed by atoms with van der Waals surface area (Å²) in [6.45, 7) is 3.54. The number of rotatable bonds is 3. The second kappa shape index (κ2) is 5.46. The second-order valence-corrected chi connectivity index (χ2v) is 11.4. The van der Waals surface area contributed by atoms with Crippen LogP contribution in [0.4, 0.5) is 0 Å². The number of esters is 1. The molecular formula is C14H16N2O6S3. The van der Waals surface area contributed by atoms with Gasteiger partial charge < -0.3 is 20.1 Å². The van der Waals surface area contributed by atoms with E-state index in [0.717, 1.165) is 11.5 Å². The quantitative estimate of drug-likeness (QED) is 0.379. The number of carboxylic acids is 1. The standard InChI is InChI=1S/C14H16N2O6S3/c1-13(2)7(11(19)20)16-9(18)6(10(16)25-13)15-8(17)5-12(21)22-14(5)23-3-4-24-14/h5-7,10H,3-4H2,1-2H3,(H,15,17)(H,19,20)/t5?,6-,7?,10+/m1/s1. The molecule has 0 saturated carbocycles. The van der Waals surface area contributed by atoms with Crippen molar-refractivity contribution in [3.8, 4) is 0 Å². The maximum atomic E-state index is 12.6. The fourth-order valence-electron chi connectivity index (χ4n) is 3.63. The normalized spacial score (nSPS) is 37.1. The number of carboxylic acid groups (broad SMARTS) is 1. The average molecular weight is 404 g/mol.